The zero-order valence-corrected chi connectivity index (χ0v) is 30.8. The number of hydrogen-bond acceptors (Lipinski definition) is 8. The maximum absolute atomic E-state index is 14.2. The van der Waals surface area contributed by atoms with E-state index < -0.39 is 21.8 Å². The van der Waals surface area contributed by atoms with Crippen LogP contribution in [0, 0.1) is 0 Å². The zero-order valence-electron chi connectivity index (χ0n) is 29.1. The van der Waals surface area contributed by atoms with E-state index in [2.05, 4.69) is 9.80 Å². The molecule has 4 aliphatic rings. The van der Waals surface area contributed by atoms with Gasteiger partial charge in [-0.2, -0.15) is 22.6 Å². The molecule has 1 atom stereocenters. The van der Waals surface area contributed by atoms with Gasteiger partial charge in [0.05, 0.1) is 23.3 Å². The molecule has 1 aromatic carbocycles. The van der Waals surface area contributed by atoms with Crippen molar-refractivity contribution in [1.29, 1.82) is 0 Å². The SMILES string of the molecule is CN(C)C1CCN(C(=O)CSc2cc(-c3nn(CCCN4CCC(N5CCCC5=O)CC4)c4c3CN(S(C)(=O)=O)CC4)ccc2C(F)(F)F)C1. The highest BCUT2D eigenvalue weighted by Gasteiger charge is 2.36. The standard InChI is InChI=1S/C34H48F3N7O4S2/c1-39(2)26-11-18-41(21-26)32(46)23-49-30-20-24(7-8-28(30)34(35,36)37)33-27-22-42(50(3,47)48)19-12-29(27)44(38-33)15-5-13-40-16-9-25(10-17-40)43-14-4-6-31(43)45/h7-8,20,25-26H,4-6,9-19,21-23H2,1-3H3. The Morgan fingerprint density at radius 3 is 2.44 bits per heavy atom. The van der Waals surface area contributed by atoms with Gasteiger partial charge in [-0.1, -0.05) is 6.07 Å². The van der Waals surface area contributed by atoms with Crippen molar-refractivity contribution in [3.63, 3.8) is 0 Å². The number of sulfonamides is 1. The molecule has 0 N–H and O–H groups in total. The maximum Gasteiger partial charge on any atom is 0.417 e. The highest BCUT2D eigenvalue weighted by Crippen LogP contribution is 2.40. The van der Waals surface area contributed by atoms with E-state index in [0.717, 1.165) is 88.1 Å². The van der Waals surface area contributed by atoms with E-state index in [1.54, 1.807) is 4.90 Å². The van der Waals surface area contributed by atoms with Crippen LogP contribution in [-0.4, -0.2) is 138 Å². The van der Waals surface area contributed by atoms with Crippen molar-refractivity contribution in [2.24, 2.45) is 0 Å². The lowest BCUT2D eigenvalue weighted by atomic mass is 10.0. The summed E-state index contributed by atoms with van der Waals surface area (Å²) in [5.41, 5.74) is 1.73. The van der Waals surface area contributed by atoms with E-state index in [1.807, 2.05) is 23.7 Å². The summed E-state index contributed by atoms with van der Waals surface area (Å²) >= 11 is 0.881. The number of alkyl halides is 3. The summed E-state index contributed by atoms with van der Waals surface area (Å²) in [6.45, 7) is 5.67. The van der Waals surface area contributed by atoms with Crippen molar-refractivity contribution in [1.82, 2.24) is 33.7 Å². The monoisotopic (exact) mass is 739 g/mol. The Bertz CT molecular complexity index is 1670. The van der Waals surface area contributed by atoms with Crippen LogP contribution in [0.15, 0.2) is 23.1 Å². The number of benzene rings is 1. The molecular weight excluding hydrogens is 692 g/mol. The summed E-state index contributed by atoms with van der Waals surface area (Å²) in [5, 5.41) is 4.91. The molecule has 2 aromatic rings. The van der Waals surface area contributed by atoms with Crippen LogP contribution < -0.4 is 0 Å². The first-order valence-corrected chi connectivity index (χ1v) is 20.4. The number of nitrogens with zero attached hydrogens (tertiary/aromatic N) is 7. The van der Waals surface area contributed by atoms with Crippen LogP contribution in [0.1, 0.15) is 55.3 Å². The second-order valence-corrected chi connectivity index (χ2v) is 17.2. The minimum Gasteiger partial charge on any atom is -0.340 e. The van der Waals surface area contributed by atoms with Gasteiger partial charge in [0.2, 0.25) is 21.8 Å². The number of carbonyl (C=O) groups is 2. The summed E-state index contributed by atoms with van der Waals surface area (Å²) in [7, 11) is 0.397. The van der Waals surface area contributed by atoms with Crippen LogP contribution in [0.2, 0.25) is 0 Å². The van der Waals surface area contributed by atoms with E-state index >= 15 is 0 Å². The summed E-state index contributed by atoms with van der Waals surface area (Å²) in [6.07, 6.45) is 2.15. The molecular formula is C34H48F3N7O4S2. The van der Waals surface area contributed by atoms with Crippen molar-refractivity contribution >= 4 is 33.6 Å². The highest BCUT2D eigenvalue weighted by molar-refractivity contribution is 8.00. The van der Waals surface area contributed by atoms with E-state index in [0.29, 0.717) is 61.9 Å². The molecule has 0 spiro atoms. The number of rotatable bonds is 11. The molecule has 1 unspecified atom stereocenters. The number of aryl methyl sites for hydroxylation is 1. The Labute approximate surface area is 297 Å². The van der Waals surface area contributed by atoms with E-state index in [4.69, 9.17) is 5.10 Å². The molecule has 50 heavy (non-hydrogen) atoms. The average molecular weight is 740 g/mol. The van der Waals surface area contributed by atoms with Crippen LogP contribution in [0.4, 0.5) is 13.2 Å². The van der Waals surface area contributed by atoms with Crippen LogP contribution in [-0.2, 0) is 45.3 Å². The number of likely N-dealkylation sites (N-methyl/N-ethyl adjacent to an activating group) is 1. The van der Waals surface area contributed by atoms with Gasteiger partial charge >= 0.3 is 6.18 Å². The number of likely N-dealkylation sites (tertiary alicyclic amines) is 3. The molecule has 3 saturated heterocycles. The number of fused-ring (bicyclic) bond motifs is 1. The first kappa shape index (κ1) is 37.1. The second kappa shape index (κ2) is 15.1. The number of carbonyl (C=O) groups excluding carboxylic acids is 2. The van der Waals surface area contributed by atoms with Gasteiger partial charge in [-0.3, -0.25) is 14.3 Å². The number of thioether (sulfide) groups is 1. The fourth-order valence-corrected chi connectivity index (χ4v) is 9.56. The molecule has 0 bridgehead atoms. The Balaban J connectivity index is 1.19. The van der Waals surface area contributed by atoms with Crippen molar-refractivity contribution in [2.75, 3.05) is 71.9 Å². The molecule has 0 radical (unpaired) electrons. The lowest BCUT2D eigenvalue weighted by Gasteiger charge is -2.36. The van der Waals surface area contributed by atoms with Gasteiger partial charge in [-0.15, -0.1) is 11.8 Å². The molecule has 6 rings (SSSR count). The predicted molar refractivity (Wildman–Crippen MR) is 186 cm³/mol. The Hall–Kier alpha value is -2.66. The van der Waals surface area contributed by atoms with Gasteiger partial charge in [0.15, 0.2) is 0 Å². The molecule has 4 aliphatic heterocycles. The van der Waals surface area contributed by atoms with Gasteiger partial charge in [-0.05, 0) is 64.9 Å². The molecule has 2 amide bonds. The third-order valence-electron chi connectivity index (χ3n) is 10.7. The fourth-order valence-electron chi connectivity index (χ4n) is 7.76. The van der Waals surface area contributed by atoms with Gasteiger partial charge in [-0.25, -0.2) is 8.42 Å². The van der Waals surface area contributed by atoms with Gasteiger partial charge < -0.3 is 19.6 Å². The Morgan fingerprint density at radius 2 is 1.80 bits per heavy atom. The summed E-state index contributed by atoms with van der Waals surface area (Å²) in [5.74, 6) is -0.0472. The third kappa shape index (κ3) is 8.35. The molecule has 16 heteroatoms. The molecule has 5 heterocycles. The minimum absolute atomic E-state index is 0.0511. The van der Waals surface area contributed by atoms with Gasteiger partial charge in [0, 0.05) is 99.0 Å². The van der Waals surface area contributed by atoms with Crippen molar-refractivity contribution in [3.8, 4) is 11.3 Å². The molecule has 11 nitrogen and oxygen atoms in total. The Kier molecular flexibility index (Phi) is 11.2. The molecule has 3 fully saturated rings. The van der Waals surface area contributed by atoms with Crippen LogP contribution >= 0.6 is 11.8 Å². The normalized spacial score (nSPS) is 21.5. The van der Waals surface area contributed by atoms with Gasteiger partial charge in [0.25, 0.3) is 0 Å². The highest BCUT2D eigenvalue weighted by atomic mass is 32.2. The first-order chi connectivity index (χ1) is 23.7. The Morgan fingerprint density at radius 1 is 1.04 bits per heavy atom. The predicted octanol–water partition coefficient (Wildman–Crippen LogP) is 3.62. The summed E-state index contributed by atoms with van der Waals surface area (Å²) in [6, 6.07) is 4.44. The van der Waals surface area contributed by atoms with E-state index in [9.17, 15) is 31.2 Å². The fraction of sp³-hybridized carbons (Fsp3) is 0.676. The largest absolute Gasteiger partial charge is 0.417 e. The summed E-state index contributed by atoms with van der Waals surface area (Å²) in [4.78, 5) is 33.4. The molecule has 0 aliphatic carbocycles. The smallest absolute Gasteiger partial charge is 0.340 e. The van der Waals surface area contributed by atoms with Gasteiger partial charge in [0.1, 0.15) is 0 Å². The molecule has 276 valence electrons. The topological polar surface area (TPSA) is 102 Å². The van der Waals surface area contributed by atoms with Crippen molar-refractivity contribution in [2.45, 2.75) is 81.2 Å². The minimum atomic E-state index is -4.61. The number of halogens is 3. The van der Waals surface area contributed by atoms with E-state index in [-0.39, 0.29) is 35.0 Å². The lowest BCUT2D eigenvalue weighted by molar-refractivity contribution is -0.139. The number of piperidine rings is 1. The third-order valence-corrected chi connectivity index (χ3v) is 13.0. The maximum atomic E-state index is 14.2. The number of aromatic nitrogens is 2. The zero-order chi connectivity index (χ0) is 35.8. The lowest BCUT2D eigenvalue weighted by Crippen LogP contribution is -2.45. The van der Waals surface area contributed by atoms with E-state index in [1.165, 1.54) is 16.4 Å². The van der Waals surface area contributed by atoms with Crippen molar-refractivity contribution in [3.05, 3.63) is 35.0 Å². The molecule has 1 aromatic heterocycles. The average Bonchev–Trinajstić information content (AvgIpc) is 3.82. The number of amides is 2. The van der Waals surface area contributed by atoms with Crippen LogP contribution in [0.5, 0.6) is 0 Å². The number of hydrogen-bond donors (Lipinski definition) is 0. The molecule has 0 saturated carbocycles. The van der Waals surface area contributed by atoms with Crippen LogP contribution in [0.25, 0.3) is 11.3 Å². The van der Waals surface area contributed by atoms with Crippen LogP contribution in [0.3, 0.4) is 0 Å². The quantitative estimate of drug-likeness (QED) is 0.323. The van der Waals surface area contributed by atoms with Crippen molar-refractivity contribution < 1.29 is 31.2 Å². The second-order valence-electron chi connectivity index (χ2n) is 14.2. The summed E-state index contributed by atoms with van der Waals surface area (Å²) < 4.78 is 71.0. The first-order valence-electron chi connectivity index (χ1n) is 17.5.